The fourth-order valence-corrected chi connectivity index (χ4v) is 2.18. The van der Waals surface area contributed by atoms with Crippen molar-refractivity contribution < 1.29 is 19.4 Å². The minimum absolute atomic E-state index is 0.0319. The first-order valence-electron chi connectivity index (χ1n) is 6.65. The Morgan fingerprint density at radius 2 is 2.16 bits per heavy atom. The van der Waals surface area contributed by atoms with Crippen molar-refractivity contribution in [2.45, 2.75) is 6.92 Å². The van der Waals surface area contributed by atoms with Crippen LogP contribution in [0.3, 0.4) is 0 Å². The van der Waals surface area contributed by atoms with E-state index in [0.717, 1.165) is 29.7 Å². The number of carbonyl (C=O) groups is 1. The molecule has 0 saturated carbocycles. The van der Waals surface area contributed by atoms with Crippen LogP contribution < -0.4 is 5.43 Å². The van der Waals surface area contributed by atoms with Crippen LogP contribution >= 0.6 is 11.5 Å². The lowest BCUT2D eigenvalue weighted by atomic mass is 10.2. The van der Waals surface area contributed by atoms with Crippen molar-refractivity contribution in [1.29, 1.82) is 0 Å². The number of hydrogen-bond donors (Lipinski definition) is 1. The molecule has 0 saturated heterocycles. The summed E-state index contributed by atoms with van der Waals surface area (Å²) >= 11 is 0.881. The molecule has 2 rings (SSSR count). The number of rotatable bonds is 7. The highest BCUT2D eigenvalue weighted by Gasteiger charge is 2.19. The second-order valence-corrected chi connectivity index (χ2v) is 5.08. The van der Waals surface area contributed by atoms with E-state index in [2.05, 4.69) is 20.1 Å². The molecule has 12 nitrogen and oxygen atoms in total. The minimum Gasteiger partial charge on any atom is -0.461 e. The van der Waals surface area contributed by atoms with Crippen molar-refractivity contribution in [1.82, 2.24) is 9.59 Å². The van der Waals surface area contributed by atoms with E-state index in [1.165, 1.54) is 6.21 Å². The number of nitro benzene ring substituents is 2. The Balaban J connectivity index is 2.20. The highest BCUT2D eigenvalue weighted by Crippen LogP contribution is 2.28. The van der Waals surface area contributed by atoms with E-state index >= 15 is 0 Å². The normalized spacial score (nSPS) is 10.6. The topological polar surface area (TPSA) is 163 Å². The third-order valence-corrected chi connectivity index (χ3v) is 3.40. The van der Waals surface area contributed by atoms with Crippen molar-refractivity contribution in [3.05, 3.63) is 49.0 Å². The van der Waals surface area contributed by atoms with E-state index in [-0.39, 0.29) is 22.9 Å². The Labute approximate surface area is 143 Å². The summed E-state index contributed by atoms with van der Waals surface area (Å²) in [4.78, 5) is 32.1. The number of hydrogen-bond acceptors (Lipinski definition) is 11. The summed E-state index contributed by atoms with van der Waals surface area (Å²) in [5.41, 5.74) is 1.38. The molecule has 1 heterocycles. The zero-order valence-corrected chi connectivity index (χ0v) is 13.4. The number of carbonyl (C=O) groups excluding carboxylic acids is 1. The molecule has 0 aliphatic rings. The molecule has 0 amide bonds. The molecule has 0 aliphatic carbocycles. The molecule has 0 radical (unpaired) electrons. The summed E-state index contributed by atoms with van der Waals surface area (Å²) in [5, 5.41) is 29.1. The lowest BCUT2D eigenvalue weighted by Gasteiger charge is -2.01. The number of esters is 1. The molecule has 0 bridgehead atoms. The Hall–Kier alpha value is -3.48. The summed E-state index contributed by atoms with van der Waals surface area (Å²) in [6.07, 6.45) is 1.20. The van der Waals surface area contributed by atoms with E-state index in [0.29, 0.717) is 0 Å². The van der Waals surface area contributed by atoms with Gasteiger partial charge in [0.25, 0.3) is 5.69 Å². The van der Waals surface area contributed by atoms with Gasteiger partial charge in [-0.3, -0.25) is 25.7 Å². The van der Waals surface area contributed by atoms with Crippen molar-refractivity contribution in [2.24, 2.45) is 5.10 Å². The number of non-ortho nitro benzene ring substituents is 1. The van der Waals surface area contributed by atoms with E-state index in [1.807, 2.05) is 0 Å². The molecule has 0 spiro atoms. The molecule has 0 atom stereocenters. The number of nitrogens with one attached hydrogen (secondary N) is 1. The van der Waals surface area contributed by atoms with Crippen molar-refractivity contribution >= 4 is 40.8 Å². The van der Waals surface area contributed by atoms with Crippen LogP contribution in [0, 0.1) is 20.2 Å². The molecule has 0 unspecified atom stereocenters. The first-order chi connectivity index (χ1) is 11.9. The van der Waals surface area contributed by atoms with Gasteiger partial charge in [0.15, 0.2) is 5.69 Å². The predicted octanol–water partition coefficient (Wildman–Crippen LogP) is 1.98. The molecule has 13 heteroatoms. The quantitative estimate of drug-likeness (QED) is 0.334. The van der Waals surface area contributed by atoms with Gasteiger partial charge >= 0.3 is 11.7 Å². The van der Waals surface area contributed by atoms with Crippen LogP contribution in [0.2, 0.25) is 0 Å². The van der Waals surface area contributed by atoms with Crippen LogP contribution in [0.4, 0.5) is 17.1 Å². The molecular weight excluding hydrogens is 356 g/mol. The standard InChI is InChI=1S/C12H10N6O6S/c1-2-24-12(19)11-10(25-16-15-11)6-13-14-8-4-3-7(17(20)21)5-9(8)18(22)23/h3-6,14H,2H2,1H3/b13-6-. The maximum Gasteiger partial charge on any atom is 0.360 e. The van der Waals surface area contributed by atoms with E-state index in [4.69, 9.17) is 4.74 Å². The monoisotopic (exact) mass is 366 g/mol. The highest BCUT2D eigenvalue weighted by molar-refractivity contribution is 7.07. The summed E-state index contributed by atoms with van der Waals surface area (Å²) in [7, 11) is 0. The number of ether oxygens (including phenoxy) is 1. The zero-order valence-electron chi connectivity index (χ0n) is 12.6. The largest absolute Gasteiger partial charge is 0.461 e. The minimum atomic E-state index is -0.775. The molecule has 130 valence electrons. The Morgan fingerprint density at radius 1 is 1.40 bits per heavy atom. The van der Waals surface area contributed by atoms with Gasteiger partial charge in [-0.2, -0.15) is 5.10 Å². The zero-order chi connectivity index (χ0) is 18.4. The molecular formula is C12H10N6O6S. The van der Waals surface area contributed by atoms with Crippen molar-refractivity contribution in [3.8, 4) is 0 Å². The summed E-state index contributed by atoms with van der Waals surface area (Å²) in [5.74, 6) is -0.668. The molecule has 25 heavy (non-hydrogen) atoms. The second kappa shape index (κ2) is 7.87. The molecule has 1 aromatic carbocycles. The Morgan fingerprint density at radius 3 is 2.80 bits per heavy atom. The Bertz CT molecular complexity index is 850. The number of hydrazone groups is 1. The van der Waals surface area contributed by atoms with Gasteiger partial charge in [-0.15, -0.1) is 5.10 Å². The van der Waals surface area contributed by atoms with E-state index < -0.39 is 27.2 Å². The van der Waals surface area contributed by atoms with Gasteiger partial charge in [0.2, 0.25) is 0 Å². The average molecular weight is 366 g/mol. The van der Waals surface area contributed by atoms with Gasteiger partial charge in [-0.25, -0.2) is 4.79 Å². The SMILES string of the molecule is CCOC(=O)c1nnsc1/C=N\Nc1ccc([N+](=O)[O-])cc1[N+](=O)[O-]. The second-order valence-electron chi connectivity index (χ2n) is 4.29. The first kappa shape index (κ1) is 17.9. The van der Waals surface area contributed by atoms with Crippen LogP contribution in [-0.2, 0) is 4.74 Å². The fraction of sp³-hybridized carbons (Fsp3) is 0.167. The van der Waals surface area contributed by atoms with Crippen LogP contribution in [0.5, 0.6) is 0 Å². The van der Waals surface area contributed by atoms with Crippen LogP contribution in [0.1, 0.15) is 22.3 Å². The van der Waals surface area contributed by atoms with Gasteiger partial charge in [0.1, 0.15) is 10.6 Å². The molecule has 2 aromatic rings. The van der Waals surface area contributed by atoms with Gasteiger partial charge in [0.05, 0.1) is 28.7 Å². The van der Waals surface area contributed by atoms with Crippen LogP contribution in [-0.4, -0.2) is 38.2 Å². The summed E-state index contributed by atoms with van der Waals surface area (Å²) in [6.45, 7) is 1.81. The maximum atomic E-state index is 11.7. The third kappa shape index (κ3) is 4.29. The molecule has 1 aromatic heterocycles. The van der Waals surface area contributed by atoms with Crippen LogP contribution in [0.25, 0.3) is 0 Å². The maximum absolute atomic E-state index is 11.7. The van der Waals surface area contributed by atoms with Crippen molar-refractivity contribution in [2.75, 3.05) is 12.0 Å². The number of anilines is 1. The van der Waals surface area contributed by atoms with Gasteiger partial charge in [-0.05, 0) is 24.5 Å². The molecule has 0 fully saturated rings. The smallest absolute Gasteiger partial charge is 0.360 e. The van der Waals surface area contributed by atoms with E-state index in [1.54, 1.807) is 6.92 Å². The lowest BCUT2D eigenvalue weighted by Crippen LogP contribution is -2.07. The average Bonchev–Trinajstić information content (AvgIpc) is 3.03. The fourth-order valence-electron chi connectivity index (χ4n) is 1.66. The van der Waals surface area contributed by atoms with Gasteiger partial charge in [0, 0.05) is 6.07 Å². The number of nitro groups is 2. The molecule has 0 aliphatic heterocycles. The van der Waals surface area contributed by atoms with Crippen LogP contribution in [0.15, 0.2) is 23.3 Å². The lowest BCUT2D eigenvalue weighted by molar-refractivity contribution is -0.393. The number of benzene rings is 1. The summed E-state index contributed by atoms with van der Waals surface area (Å²) < 4.78 is 8.42. The Kier molecular flexibility index (Phi) is 5.62. The molecule has 1 N–H and O–H groups in total. The predicted molar refractivity (Wildman–Crippen MR) is 86.8 cm³/mol. The number of aromatic nitrogens is 2. The van der Waals surface area contributed by atoms with Crippen molar-refractivity contribution in [3.63, 3.8) is 0 Å². The number of nitrogens with zero attached hydrogens (tertiary/aromatic N) is 5. The van der Waals surface area contributed by atoms with Gasteiger partial charge < -0.3 is 4.74 Å². The summed E-state index contributed by atoms with van der Waals surface area (Å²) in [6, 6.07) is 3.07. The van der Waals surface area contributed by atoms with E-state index in [9.17, 15) is 25.0 Å². The third-order valence-electron chi connectivity index (χ3n) is 2.74. The van der Waals surface area contributed by atoms with Gasteiger partial charge in [-0.1, -0.05) is 4.49 Å². The highest BCUT2D eigenvalue weighted by atomic mass is 32.1. The first-order valence-corrected chi connectivity index (χ1v) is 7.42.